The van der Waals surface area contributed by atoms with Gasteiger partial charge in [-0.1, -0.05) is 29.4 Å². The van der Waals surface area contributed by atoms with Gasteiger partial charge in [-0.25, -0.2) is 4.98 Å². The topological polar surface area (TPSA) is 72.7 Å². The van der Waals surface area contributed by atoms with E-state index in [9.17, 15) is 4.79 Å². The van der Waals surface area contributed by atoms with E-state index < -0.39 is 0 Å². The lowest BCUT2D eigenvalue weighted by Gasteiger charge is -2.13. The van der Waals surface area contributed by atoms with Crippen molar-refractivity contribution in [3.05, 3.63) is 51.6 Å². The van der Waals surface area contributed by atoms with E-state index in [0.29, 0.717) is 16.9 Å². The second kappa shape index (κ2) is 8.00. The summed E-state index contributed by atoms with van der Waals surface area (Å²) in [4.78, 5) is 17.9. The van der Waals surface area contributed by atoms with Crippen LogP contribution in [0, 0.1) is 0 Å². The van der Waals surface area contributed by atoms with Gasteiger partial charge in [-0.15, -0.1) is 21.5 Å². The van der Waals surface area contributed by atoms with Crippen LogP contribution < -0.4 is 5.32 Å². The Morgan fingerprint density at radius 1 is 1.41 bits per heavy atom. The summed E-state index contributed by atoms with van der Waals surface area (Å²) in [5, 5.41) is 14.7. The Balaban J connectivity index is 1.46. The van der Waals surface area contributed by atoms with E-state index in [1.165, 1.54) is 22.8 Å². The Morgan fingerprint density at radius 3 is 2.93 bits per heavy atom. The zero-order valence-electron chi connectivity index (χ0n) is 14.6. The molecule has 1 fully saturated rings. The summed E-state index contributed by atoms with van der Waals surface area (Å²) in [5.74, 6) is 1.33. The number of pyridine rings is 1. The minimum Gasteiger partial charge on any atom is -0.310 e. The predicted molar refractivity (Wildman–Crippen MR) is 109 cm³/mol. The molecule has 3 aromatic rings. The van der Waals surface area contributed by atoms with E-state index in [1.807, 2.05) is 13.0 Å². The smallest absolute Gasteiger partial charge is 0.238 e. The third kappa shape index (κ3) is 4.51. The second-order valence-electron chi connectivity index (χ2n) is 6.37. The first-order valence-corrected chi connectivity index (χ1v) is 10.8. The Labute approximate surface area is 170 Å². The number of halogens is 1. The lowest BCUT2D eigenvalue weighted by molar-refractivity contribution is -0.115. The monoisotopic (exact) mass is 419 g/mol. The van der Waals surface area contributed by atoms with Crippen molar-refractivity contribution in [1.82, 2.24) is 19.7 Å². The Kier molecular flexibility index (Phi) is 5.47. The van der Waals surface area contributed by atoms with Crippen molar-refractivity contribution in [1.29, 1.82) is 0 Å². The highest BCUT2D eigenvalue weighted by Crippen LogP contribution is 2.40. The first-order chi connectivity index (χ1) is 13.1. The zero-order chi connectivity index (χ0) is 18.8. The number of carbonyl (C=O) groups is 1. The molecule has 6 nitrogen and oxygen atoms in total. The Bertz CT molecular complexity index is 922. The predicted octanol–water partition coefficient (Wildman–Crippen LogP) is 4.43. The molecule has 0 radical (unpaired) electrons. The van der Waals surface area contributed by atoms with Crippen LogP contribution >= 0.6 is 34.7 Å². The summed E-state index contributed by atoms with van der Waals surface area (Å²) in [6.07, 6.45) is 4.56. The van der Waals surface area contributed by atoms with Crippen LogP contribution in [0.3, 0.4) is 0 Å². The fourth-order valence-corrected chi connectivity index (χ4v) is 4.42. The number of nitrogens with zero attached hydrogens (tertiary/aromatic N) is 4. The quantitative estimate of drug-likeness (QED) is 0.573. The molecule has 0 bridgehead atoms. The molecule has 3 heterocycles. The number of amides is 1. The van der Waals surface area contributed by atoms with E-state index >= 15 is 0 Å². The maximum absolute atomic E-state index is 12.5. The number of aromatic nitrogens is 4. The highest BCUT2D eigenvalue weighted by atomic mass is 35.5. The van der Waals surface area contributed by atoms with Gasteiger partial charge in [0.15, 0.2) is 5.16 Å². The van der Waals surface area contributed by atoms with Gasteiger partial charge in [0.25, 0.3) is 0 Å². The minimum absolute atomic E-state index is 0.125. The van der Waals surface area contributed by atoms with Crippen LogP contribution in [0.15, 0.2) is 41.0 Å². The number of thiophene rings is 1. The molecule has 0 unspecified atom stereocenters. The molecule has 0 saturated heterocycles. The molecule has 1 saturated carbocycles. The number of thioether (sulfide) groups is 1. The lowest BCUT2D eigenvalue weighted by atomic mass is 10.3. The standard InChI is InChI=1S/C18H18ClN5OS2/c1-11(17(25)21-15-7-4-12(19)10-20-15)27-18-23-22-16(24(18)13-5-6-13)9-14-3-2-8-26-14/h2-4,7-8,10-11,13H,5-6,9H2,1H3,(H,20,21,25)/t11-/m0/s1. The first kappa shape index (κ1) is 18.5. The molecule has 1 aliphatic carbocycles. The summed E-state index contributed by atoms with van der Waals surface area (Å²) in [6, 6.07) is 7.99. The molecule has 0 aliphatic heterocycles. The van der Waals surface area contributed by atoms with Crippen molar-refractivity contribution >= 4 is 46.4 Å². The van der Waals surface area contributed by atoms with Gasteiger partial charge in [0.05, 0.1) is 10.3 Å². The van der Waals surface area contributed by atoms with Crippen LogP contribution in [0.4, 0.5) is 5.82 Å². The average molecular weight is 420 g/mol. The van der Waals surface area contributed by atoms with Crippen LogP contribution in [0.2, 0.25) is 5.02 Å². The van der Waals surface area contributed by atoms with Gasteiger partial charge in [-0.05, 0) is 43.3 Å². The molecule has 4 rings (SSSR count). The Morgan fingerprint density at radius 2 is 2.26 bits per heavy atom. The largest absolute Gasteiger partial charge is 0.310 e. The highest BCUT2D eigenvalue weighted by molar-refractivity contribution is 8.00. The minimum atomic E-state index is -0.321. The molecular formula is C18H18ClN5OS2. The van der Waals surface area contributed by atoms with Gasteiger partial charge >= 0.3 is 0 Å². The second-order valence-corrected chi connectivity index (χ2v) is 9.14. The van der Waals surface area contributed by atoms with Crippen molar-refractivity contribution in [2.24, 2.45) is 0 Å². The normalized spacial score (nSPS) is 14.9. The van der Waals surface area contributed by atoms with Crippen molar-refractivity contribution in [3.63, 3.8) is 0 Å². The van der Waals surface area contributed by atoms with E-state index in [-0.39, 0.29) is 11.2 Å². The Hall–Kier alpha value is -1.90. The van der Waals surface area contributed by atoms with Gasteiger partial charge in [0, 0.05) is 23.5 Å². The van der Waals surface area contributed by atoms with Crippen LogP contribution in [0.5, 0.6) is 0 Å². The molecule has 140 valence electrons. The van der Waals surface area contributed by atoms with Gasteiger partial charge in [0.1, 0.15) is 11.6 Å². The molecule has 27 heavy (non-hydrogen) atoms. The number of nitrogens with one attached hydrogen (secondary N) is 1. The molecule has 1 atom stereocenters. The fraction of sp³-hybridized carbons (Fsp3) is 0.333. The van der Waals surface area contributed by atoms with Crippen molar-refractivity contribution in [3.8, 4) is 0 Å². The van der Waals surface area contributed by atoms with Crippen LogP contribution in [0.25, 0.3) is 0 Å². The molecular weight excluding hydrogens is 402 g/mol. The van der Waals surface area contributed by atoms with Crippen molar-refractivity contribution in [2.45, 2.75) is 42.6 Å². The fourth-order valence-electron chi connectivity index (χ4n) is 2.67. The molecule has 0 aromatic carbocycles. The summed E-state index contributed by atoms with van der Waals surface area (Å²) in [5.41, 5.74) is 0. The third-order valence-corrected chi connectivity index (χ3v) is 6.35. The number of anilines is 1. The first-order valence-electron chi connectivity index (χ1n) is 8.65. The number of hydrogen-bond acceptors (Lipinski definition) is 6. The molecule has 3 aromatic heterocycles. The van der Waals surface area contributed by atoms with E-state index in [1.54, 1.807) is 23.5 Å². The van der Waals surface area contributed by atoms with Gasteiger partial charge in [-0.3, -0.25) is 4.79 Å². The lowest BCUT2D eigenvalue weighted by Crippen LogP contribution is -2.23. The summed E-state index contributed by atoms with van der Waals surface area (Å²) in [6.45, 7) is 1.86. The highest BCUT2D eigenvalue weighted by Gasteiger charge is 2.31. The molecule has 1 aliphatic rings. The maximum Gasteiger partial charge on any atom is 0.238 e. The number of hydrogen-bond donors (Lipinski definition) is 1. The molecule has 1 amide bonds. The number of carbonyl (C=O) groups excluding carboxylic acids is 1. The van der Waals surface area contributed by atoms with E-state index in [2.05, 4.69) is 36.5 Å². The number of rotatable bonds is 7. The van der Waals surface area contributed by atoms with Gasteiger partial charge < -0.3 is 9.88 Å². The maximum atomic E-state index is 12.5. The van der Waals surface area contributed by atoms with Crippen LogP contribution in [-0.4, -0.2) is 30.9 Å². The molecule has 1 N–H and O–H groups in total. The SMILES string of the molecule is C[C@H](Sc1nnc(Cc2cccs2)n1C1CC1)C(=O)Nc1ccc(Cl)cn1. The summed E-state index contributed by atoms with van der Waals surface area (Å²) >= 11 is 8.98. The summed E-state index contributed by atoms with van der Waals surface area (Å²) < 4.78 is 2.20. The van der Waals surface area contributed by atoms with Crippen molar-refractivity contribution in [2.75, 3.05) is 5.32 Å². The van der Waals surface area contributed by atoms with Gasteiger partial charge in [-0.2, -0.15) is 0 Å². The van der Waals surface area contributed by atoms with E-state index in [0.717, 1.165) is 30.2 Å². The third-order valence-electron chi connectivity index (χ3n) is 4.19. The molecule has 9 heteroatoms. The zero-order valence-corrected chi connectivity index (χ0v) is 17.0. The molecule has 0 spiro atoms. The van der Waals surface area contributed by atoms with Gasteiger partial charge in [0.2, 0.25) is 5.91 Å². The van der Waals surface area contributed by atoms with E-state index in [4.69, 9.17) is 11.6 Å². The average Bonchev–Trinajstić information content (AvgIpc) is 3.21. The van der Waals surface area contributed by atoms with Crippen LogP contribution in [0.1, 0.15) is 36.5 Å². The summed E-state index contributed by atoms with van der Waals surface area (Å²) in [7, 11) is 0. The van der Waals surface area contributed by atoms with Crippen LogP contribution in [-0.2, 0) is 11.2 Å². The van der Waals surface area contributed by atoms with Crippen molar-refractivity contribution < 1.29 is 4.79 Å².